The van der Waals surface area contributed by atoms with Crippen molar-refractivity contribution < 1.29 is 9.84 Å². The van der Waals surface area contributed by atoms with Gasteiger partial charge in [-0.15, -0.1) is 0 Å². The van der Waals surface area contributed by atoms with Crippen LogP contribution in [0.15, 0.2) is 0 Å². The molecule has 0 spiro atoms. The number of hydrogen-bond acceptors (Lipinski definition) is 3. The van der Waals surface area contributed by atoms with Gasteiger partial charge in [0.05, 0.1) is 12.7 Å². The zero-order chi connectivity index (χ0) is 8.60. The van der Waals surface area contributed by atoms with Gasteiger partial charge in [0.1, 0.15) is 0 Å². The SMILES string of the molecule is N[C@@H](CO)C12CCC[C@H]1OCC2. The molecule has 3 N–H and O–H groups in total. The molecule has 3 atom stereocenters. The molecule has 1 aliphatic carbocycles. The van der Waals surface area contributed by atoms with Crippen LogP contribution in [0.2, 0.25) is 0 Å². The van der Waals surface area contributed by atoms with Crippen LogP contribution in [0.5, 0.6) is 0 Å². The minimum absolute atomic E-state index is 0.0764. The van der Waals surface area contributed by atoms with Gasteiger partial charge in [0.2, 0.25) is 0 Å². The smallest absolute Gasteiger partial charge is 0.0647 e. The van der Waals surface area contributed by atoms with E-state index in [9.17, 15) is 0 Å². The van der Waals surface area contributed by atoms with Crippen LogP contribution >= 0.6 is 0 Å². The highest BCUT2D eigenvalue weighted by molar-refractivity contribution is 5.02. The maximum absolute atomic E-state index is 9.06. The molecular formula is C9H17NO2. The second kappa shape index (κ2) is 2.98. The summed E-state index contributed by atoms with van der Waals surface area (Å²) in [5.41, 5.74) is 6.04. The summed E-state index contributed by atoms with van der Waals surface area (Å²) in [6, 6.07) is -0.0764. The first-order valence-corrected chi connectivity index (χ1v) is 4.77. The molecule has 12 heavy (non-hydrogen) atoms. The topological polar surface area (TPSA) is 55.5 Å². The molecule has 2 fully saturated rings. The summed E-state index contributed by atoms with van der Waals surface area (Å²) in [5.74, 6) is 0. The monoisotopic (exact) mass is 171 g/mol. The number of rotatable bonds is 2. The van der Waals surface area contributed by atoms with Crippen molar-refractivity contribution >= 4 is 0 Å². The van der Waals surface area contributed by atoms with E-state index in [0.717, 1.165) is 25.9 Å². The van der Waals surface area contributed by atoms with Crippen molar-refractivity contribution in [3.63, 3.8) is 0 Å². The molecule has 0 aromatic heterocycles. The largest absolute Gasteiger partial charge is 0.395 e. The molecular weight excluding hydrogens is 154 g/mol. The molecule has 1 saturated heterocycles. The Labute approximate surface area is 72.9 Å². The Balaban J connectivity index is 2.16. The van der Waals surface area contributed by atoms with E-state index in [1.807, 2.05) is 0 Å². The molecule has 1 heterocycles. The summed E-state index contributed by atoms with van der Waals surface area (Å²) >= 11 is 0. The number of fused-ring (bicyclic) bond motifs is 1. The Bertz CT molecular complexity index is 162. The van der Waals surface area contributed by atoms with Crippen molar-refractivity contribution in [2.45, 2.75) is 37.8 Å². The minimum atomic E-state index is -0.0764. The van der Waals surface area contributed by atoms with Crippen molar-refractivity contribution in [2.75, 3.05) is 13.2 Å². The predicted molar refractivity (Wildman–Crippen MR) is 45.7 cm³/mol. The fourth-order valence-corrected chi connectivity index (χ4v) is 2.78. The Morgan fingerprint density at radius 3 is 3.17 bits per heavy atom. The number of aliphatic hydroxyl groups is 1. The molecule has 0 aromatic carbocycles. The number of nitrogens with two attached hydrogens (primary N) is 1. The average Bonchev–Trinajstić information content (AvgIpc) is 2.60. The highest BCUT2D eigenvalue weighted by Gasteiger charge is 2.50. The summed E-state index contributed by atoms with van der Waals surface area (Å²) < 4.78 is 5.61. The molecule has 0 bridgehead atoms. The summed E-state index contributed by atoms with van der Waals surface area (Å²) in [6.07, 6.45) is 4.85. The Morgan fingerprint density at radius 2 is 2.42 bits per heavy atom. The third kappa shape index (κ3) is 1.00. The lowest BCUT2D eigenvalue weighted by molar-refractivity contribution is 0.0455. The summed E-state index contributed by atoms with van der Waals surface area (Å²) in [7, 11) is 0. The van der Waals surface area contributed by atoms with Gasteiger partial charge in [-0.1, -0.05) is 6.42 Å². The van der Waals surface area contributed by atoms with E-state index in [0.29, 0.717) is 6.10 Å². The van der Waals surface area contributed by atoms with Crippen LogP contribution in [0.1, 0.15) is 25.7 Å². The summed E-state index contributed by atoms with van der Waals surface area (Å²) in [5, 5.41) is 9.06. The molecule has 3 nitrogen and oxygen atoms in total. The standard InChI is InChI=1S/C9H17NO2/c10-7(6-11)9-3-1-2-8(9)12-5-4-9/h7-8,11H,1-6,10H2/t7-,8+,9?/m0/s1. The first kappa shape index (κ1) is 8.48. The van der Waals surface area contributed by atoms with Crippen molar-refractivity contribution in [3.05, 3.63) is 0 Å². The lowest BCUT2D eigenvalue weighted by Crippen LogP contribution is -2.46. The van der Waals surface area contributed by atoms with Crippen LogP contribution in [0.3, 0.4) is 0 Å². The summed E-state index contributed by atoms with van der Waals surface area (Å²) in [4.78, 5) is 0. The normalized spacial score (nSPS) is 43.0. The Hall–Kier alpha value is -0.120. The highest BCUT2D eigenvalue weighted by Crippen LogP contribution is 2.48. The van der Waals surface area contributed by atoms with Crippen LogP contribution in [-0.4, -0.2) is 30.5 Å². The van der Waals surface area contributed by atoms with Crippen molar-refractivity contribution in [2.24, 2.45) is 11.1 Å². The highest BCUT2D eigenvalue weighted by atomic mass is 16.5. The van der Waals surface area contributed by atoms with E-state index in [2.05, 4.69) is 0 Å². The fraction of sp³-hybridized carbons (Fsp3) is 1.00. The van der Waals surface area contributed by atoms with Gasteiger partial charge in [-0.2, -0.15) is 0 Å². The first-order valence-electron chi connectivity index (χ1n) is 4.77. The molecule has 3 heteroatoms. The molecule has 0 amide bonds. The van der Waals surface area contributed by atoms with E-state index in [1.54, 1.807) is 0 Å². The number of hydrogen-bond donors (Lipinski definition) is 2. The van der Waals surface area contributed by atoms with Gasteiger partial charge in [0.25, 0.3) is 0 Å². The van der Waals surface area contributed by atoms with E-state index in [1.165, 1.54) is 6.42 Å². The van der Waals surface area contributed by atoms with E-state index in [4.69, 9.17) is 15.6 Å². The third-order valence-electron chi connectivity index (χ3n) is 3.57. The molecule has 70 valence electrons. The van der Waals surface area contributed by atoms with Crippen LogP contribution in [0.25, 0.3) is 0 Å². The zero-order valence-electron chi connectivity index (χ0n) is 7.33. The van der Waals surface area contributed by atoms with Gasteiger partial charge in [0, 0.05) is 18.1 Å². The summed E-state index contributed by atoms with van der Waals surface area (Å²) in [6.45, 7) is 0.929. The zero-order valence-corrected chi connectivity index (χ0v) is 7.33. The van der Waals surface area contributed by atoms with Gasteiger partial charge < -0.3 is 15.6 Å². The minimum Gasteiger partial charge on any atom is -0.395 e. The molecule has 1 unspecified atom stereocenters. The number of aliphatic hydroxyl groups excluding tert-OH is 1. The van der Waals surface area contributed by atoms with E-state index in [-0.39, 0.29) is 18.1 Å². The second-order valence-corrected chi connectivity index (χ2v) is 4.02. The van der Waals surface area contributed by atoms with Crippen LogP contribution < -0.4 is 5.73 Å². The molecule has 1 saturated carbocycles. The van der Waals surface area contributed by atoms with Gasteiger partial charge in [-0.25, -0.2) is 0 Å². The lowest BCUT2D eigenvalue weighted by Gasteiger charge is -2.32. The first-order chi connectivity index (χ1) is 5.79. The lowest BCUT2D eigenvalue weighted by atomic mass is 9.76. The van der Waals surface area contributed by atoms with Crippen LogP contribution in [-0.2, 0) is 4.74 Å². The van der Waals surface area contributed by atoms with Crippen molar-refractivity contribution in [1.29, 1.82) is 0 Å². The molecule has 2 rings (SSSR count). The van der Waals surface area contributed by atoms with Gasteiger partial charge in [-0.05, 0) is 19.3 Å². The van der Waals surface area contributed by atoms with Crippen molar-refractivity contribution in [1.82, 2.24) is 0 Å². The van der Waals surface area contributed by atoms with E-state index >= 15 is 0 Å². The Kier molecular flexibility index (Phi) is 2.10. The molecule has 0 radical (unpaired) electrons. The van der Waals surface area contributed by atoms with E-state index < -0.39 is 0 Å². The molecule has 0 aromatic rings. The van der Waals surface area contributed by atoms with Gasteiger partial charge in [-0.3, -0.25) is 0 Å². The fourth-order valence-electron chi connectivity index (χ4n) is 2.78. The second-order valence-electron chi connectivity index (χ2n) is 4.02. The van der Waals surface area contributed by atoms with Crippen molar-refractivity contribution in [3.8, 4) is 0 Å². The quantitative estimate of drug-likeness (QED) is 0.627. The average molecular weight is 171 g/mol. The Morgan fingerprint density at radius 1 is 1.58 bits per heavy atom. The third-order valence-corrected chi connectivity index (χ3v) is 3.57. The van der Waals surface area contributed by atoms with Gasteiger partial charge >= 0.3 is 0 Å². The number of ether oxygens (including phenoxy) is 1. The predicted octanol–water partition coefficient (Wildman–Crippen LogP) is 0.265. The van der Waals surface area contributed by atoms with Gasteiger partial charge in [0.15, 0.2) is 0 Å². The maximum Gasteiger partial charge on any atom is 0.0647 e. The van der Waals surface area contributed by atoms with Crippen LogP contribution in [0, 0.1) is 5.41 Å². The maximum atomic E-state index is 9.06. The van der Waals surface area contributed by atoms with Crippen LogP contribution in [0.4, 0.5) is 0 Å². The molecule has 2 aliphatic rings. The molecule has 1 aliphatic heterocycles.